The molecular formula is C18H24N4OS. The van der Waals surface area contributed by atoms with Gasteiger partial charge in [0.15, 0.2) is 0 Å². The second-order valence-electron chi connectivity index (χ2n) is 6.04. The lowest BCUT2D eigenvalue weighted by Crippen LogP contribution is -2.48. The van der Waals surface area contributed by atoms with Crippen molar-refractivity contribution in [2.75, 3.05) is 25.4 Å². The molecule has 0 radical (unpaired) electrons. The molecule has 128 valence electrons. The lowest BCUT2D eigenvalue weighted by atomic mass is 10.1. The van der Waals surface area contributed by atoms with E-state index in [1.807, 2.05) is 48.2 Å². The number of hydrogen-bond donors (Lipinski definition) is 1. The average molecular weight is 344 g/mol. The van der Waals surface area contributed by atoms with Gasteiger partial charge in [0.1, 0.15) is 0 Å². The molecule has 0 bridgehead atoms. The SMILES string of the molecule is CCSCc1ccc(C(=O)N2CCN[C@H](c3cnn(C)c3)C2)cc1. The molecule has 1 fully saturated rings. The van der Waals surface area contributed by atoms with Crippen LogP contribution in [0.1, 0.15) is 34.5 Å². The fraction of sp³-hybridized carbons (Fsp3) is 0.444. The topological polar surface area (TPSA) is 50.2 Å². The Balaban J connectivity index is 1.65. The zero-order valence-corrected chi connectivity index (χ0v) is 15.1. The Morgan fingerprint density at radius 2 is 2.17 bits per heavy atom. The van der Waals surface area contributed by atoms with E-state index >= 15 is 0 Å². The predicted octanol–water partition coefficient (Wildman–Crippen LogP) is 2.46. The number of piperazine rings is 1. The Morgan fingerprint density at radius 3 is 2.83 bits per heavy atom. The number of benzene rings is 1. The maximum absolute atomic E-state index is 12.8. The van der Waals surface area contributed by atoms with E-state index in [9.17, 15) is 4.79 Å². The summed E-state index contributed by atoms with van der Waals surface area (Å²) in [5.74, 6) is 2.22. The van der Waals surface area contributed by atoms with Crippen LogP contribution in [-0.4, -0.2) is 46.0 Å². The normalized spacial score (nSPS) is 17.9. The molecule has 1 aliphatic rings. The molecule has 1 atom stereocenters. The maximum Gasteiger partial charge on any atom is 0.253 e. The fourth-order valence-corrected chi connectivity index (χ4v) is 3.56. The number of aromatic nitrogens is 2. The van der Waals surface area contributed by atoms with Gasteiger partial charge in [0, 0.05) is 49.8 Å². The highest BCUT2D eigenvalue weighted by molar-refractivity contribution is 7.98. The van der Waals surface area contributed by atoms with E-state index in [1.54, 1.807) is 4.68 Å². The van der Waals surface area contributed by atoms with Crippen molar-refractivity contribution in [1.29, 1.82) is 0 Å². The number of thioether (sulfide) groups is 1. The van der Waals surface area contributed by atoms with Crippen molar-refractivity contribution in [3.05, 3.63) is 53.3 Å². The number of amides is 1. The maximum atomic E-state index is 12.8. The predicted molar refractivity (Wildman–Crippen MR) is 98.1 cm³/mol. The number of hydrogen-bond acceptors (Lipinski definition) is 4. The minimum absolute atomic E-state index is 0.111. The molecule has 2 heterocycles. The van der Waals surface area contributed by atoms with Crippen molar-refractivity contribution >= 4 is 17.7 Å². The summed E-state index contributed by atoms with van der Waals surface area (Å²) in [6.07, 6.45) is 3.87. The molecule has 0 saturated carbocycles. The molecule has 2 aromatic rings. The van der Waals surface area contributed by atoms with Gasteiger partial charge < -0.3 is 10.2 Å². The summed E-state index contributed by atoms with van der Waals surface area (Å²) in [4.78, 5) is 14.7. The lowest BCUT2D eigenvalue weighted by Gasteiger charge is -2.33. The Morgan fingerprint density at radius 1 is 1.38 bits per heavy atom. The Bertz CT molecular complexity index is 683. The molecular weight excluding hydrogens is 320 g/mol. The van der Waals surface area contributed by atoms with Crippen LogP contribution in [0, 0.1) is 0 Å². The van der Waals surface area contributed by atoms with Crippen LogP contribution in [0.15, 0.2) is 36.7 Å². The number of carbonyl (C=O) groups is 1. The van der Waals surface area contributed by atoms with Crippen LogP contribution in [0.2, 0.25) is 0 Å². The molecule has 1 aromatic heterocycles. The summed E-state index contributed by atoms with van der Waals surface area (Å²) in [6, 6.07) is 8.19. The number of nitrogens with one attached hydrogen (secondary N) is 1. The molecule has 24 heavy (non-hydrogen) atoms. The van der Waals surface area contributed by atoms with Crippen molar-refractivity contribution in [3.8, 4) is 0 Å². The quantitative estimate of drug-likeness (QED) is 0.905. The summed E-state index contributed by atoms with van der Waals surface area (Å²) in [5, 5.41) is 7.69. The van der Waals surface area contributed by atoms with Gasteiger partial charge in [-0.3, -0.25) is 9.48 Å². The van der Waals surface area contributed by atoms with Crippen molar-refractivity contribution in [2.45, 2.75) is 18.7 Å². The zero-order valence-electron chi connectivity index (χ0n) is 14.2. The van der Waals surface area contributed by atoms with Crippen molar-refractivity contribution in [3.63, 3.8) is 0 Å². The standard InChI is InChI=1S/C18H24N4OS/c1-3-24-13-14-4-6-15(7-5-14)18(23)22-9-8-19-17(12-22)16-10-20-21(2)11-16/h4-7,10-11,17,19H,3,8-9,12-13H2,1-2H3/t17-/m0/s1. The van der Waals surface area contributed by atoms with Gasteiger partial charge in [-0.15, -0.1) is 0 Å². The van der Waals surface area contributed by atoms with Gasteiger partial charge in [0.2, 0.25) is 0 Å². The van der Waals surface area contributed by atoms with Crippen LogP contribution in [0.25, 0.3) is 0 Å². The van der Waals surface area contributed by atoms with E-state index in [2.05, 4.69) is 29.5 Å². The fourth-order valence-electron chi connectivity index (χ4n) is 2.92. The first-order valence-electron chi connectivity index (χ1n) is 8.35. The summed E-state index contributed by atoms with van der Waals surface area (Å²) >= 11 is 1.89. The molecule has 3 rings (SSSR count). The van der Waals surface area contributed by atoms with Gasteiger partial charge >= 0.3 is 0 Å². The third-order valence-electron chi connectivity index (χ3n) is 4.26. The molecule has 1 aromatic carbocycles. The van der Waals surface area contributed by atoms with Gasteiger partial charge in [-0.1, -0.05) is 19.1 Å². The molecule has 5 nitrogen and oxygen atoms in total. The van der Waals surface area contributed by atoms with Gasteiger partial charge in [0.25, 0.3) is 5.91 Å². The summed E-state index contributed by atoms with van der Waals surface area (Å²) in [7, 11) is 1.91. The van der Waals surface area contributed by atoms with Crippen LogP contribution in [-0.2, 0) is 12.8 Å². The first-order valence-corrected chi connectivity index (χ1v) is 9.50. The second-order valence-corrected chi connectivity index (χ2v) is 7.31. The lowest BCUT2D eigenvalue weighted by molar-refractivity contribution is 0.0703. The largest absolute Gasteiger partial charge is 0.335 e. The highest BCUT2D eigenvalue weighted by Gasteiger charge is 2.25. The molecule has 1 saturated heterocycles. The molecule has 0 spiro atoms. The van der Waals surface area contributed by atoms with Crippen LogP contribution in [0.5, 0.6) is 0 Å². The third-order valence-corrected chi connectivity index (χ3v) is 5.21. The molecule has 6 heteroatoms. The van der Waals surface area contributed by atoms with E-state index in [-0.39, 0.29) is 11.9 Å². The number of carbonyl (C=O) groups excluding carboxylic acids is 1. The molecule has 1 aliphatic heterocycles. The van der Waals surface area contributed by atoms with Crippen LogP contribution in [0.3, 0.4) is 0 Å². The van der Waals surface area contributed by atoms with Gasteiger partial charge in [-0.2, -0.15) is 16.9 Å². The first kappa shape index (κ1) is 17.0. The molecule has 0 aliphatic carbocycles. The van der Waals surface area contributed by atoms with Gasteiger partial charge in [-0.25, -0.2) is 0 Å². The Labute approximate surface area is 147 Å². The minimum Gasteiger partial charge on any atom is -0.335 e. The van der Waals surface area contributed by atoms with Crippen molar-refractivity contribution < 1.29 is 4.79 Å². The number of nitrogens with zero attached hydrogens (tertiary/aromatic N) is 3. The Hall–Kier alpha value is -1.79. The number of aryl methyl sites for hydroxylation is 1. The first-order chi connectivity index (χ1) is 11.7. The smallest absolute Gasteiger partial charge is 0.253 e. The van der Waals surface area contributed by atoms with Gasteiger partial charge in [-0.05, 0) is 23.4 Å². The third kappa shape index (κ3) is 3.99. The van der Waals surface area contributed by atoms with Crippen LogP contribution in [0.4, 0.5) is 0 Å². The zero-order chi connectivity index (χ0) is 16.9. The Kier molecular flexibility index (Phi) is 5.58. The highest BCUT2D eigenvalue weighted by Crippen LogP contribution is 2.19. The van der Waals surface area contributed by atoms with E-state index in [0.29, 0.717) is 6.54 Å². The van der Waals surface area contributed by atoms with Crippen LogP contribution >= 0.6 is 11.8 Å². The van der Waals surface area contributed by atoms with Crippen LogP contribution < -0.4 is 5.32 Å². The summed E-state index contributed by atoms with van der Waals surface area (Å²) in [5.41, 5.74) is 3.17. The monoisotopic (exact) mass is 344 g/mol. The van der Waals surface area contributed by atoms with E-state index < -0.39 is 0 Å². The number of rotatable bonds is 5. The van der Waals surface area contributed by atoms with Crippen molar-refractivity contribution in [2.24, 2.45) is 7.05 Å². The second kappa shape index (κ2) is 7.85. The molecule has 1 N–H and O–H groups in total. The summed E-state index contributed by atoms with van der Waals surface area (Å²) in [6.45, 7) is 4.38. The van der Waals surface area contributed by atoms with E-state index in [4.69, 9.17) is 0 Å². The molecule has 1 amide bonds. The average Bonchev–Trinajstić information content (AvgIpc) is 3.06. The molecule has 0 unspecified atom stereocenters. The minimum atomic E-state index is 0.111. The van der Waals surface area contributed by atoms with Gasteiger partial charge in [0.05, 0.1) is 12.2 Å². The van der Waals surface area contributed by atoms with E-state index in [1.165, 1.54) is 5.56 Å². The van der Waals surface area contributed by atoms with E-state index in [0.717, 1.165) is 35.7 Å². The van der Waals surface area contributed by atoms with Crippen molar-refractivity contribution in [1.82, 2.24) is 20.0 Å². The highest BCUT2D eigenvalue weighted by atomic mass is 32.2. The summed E-state index contributed by atoms with van der Waals surface area (Å²) < 4.78 is 1.80.